The van der Waals surface area contributed by atoms with Crippen LogP contribution in [0.2, 0.25) is 0 Å². The van der Waals surface area contributed by atoms with Gasteiger partial charge in [0.2, 0.25) is 0 Å². The molecule has 90 valence electrons. The Kier molecular flexibility index (Phi) is 3.77. The molecule has 0 spiro atoms. The average molecular weight is 230 g/mol. The van der Waals surface area contributed by atoms with Crippen molar-refractivity contribution in [3.05, 3.63) is 42.7 Å². The number of anilines is 1. The lowest BCUT2D eigenvalue weighted by molar-refractivity contribution is 0.425. The SMILES string of the molecule is CN(C)CCNc1cnn(-c2ccccc2)c1. The van der Waals surface area contributed by atoms with Gasteiger partial charge in [0, 0.05) is 13.1 Å². The topological polar surface area (TPSA) is 33.1 Å². The monoisotopic (exact) mass is 230 g/mol. The van der Waals surface area contributed by atoms with Gasteiger partial charge in [0.15, 0.2) is 0 Å². The van der Waals surface area contributed by atoms with E-state index in [1.165, 1.54) is 0 Å². The van der Waals surface area contributed by atoms with Crippen LogP contribution in [0.3, 0.4) is 0 Å². The molecule has 0 aliphatic rings. The van der Waals surface area contributed by atoms with Crippen molar-refractivity contribution in [2.24, 2.45) is 0 Å². The van der Waals surface area contributed by atoms with Crippen molar-refractivity contribution in [2.75, 3.05) is 32.5 Å². The average Bonchev–Trinajstić information content (AvgIpc) is 2.78. The van der Waals surface area contributed by atoms with Crippen LogP contribution >= 0.6 is 0 Å². The van der Waals surface area contributed by atoms with E-state index in [1.807, 2.05) is 47.4 Å². The van der Waals surface area contributed by atoms with E-state index in [9.17, 15) is 0 Å². The molecule has 0 aliphatic carbocycles. The van der Waals surface area contributed by atoms with Crippen LogP contribution in [0.5, 0.6) is 0 Å². The first-order valence-electron chi connectivity index (χ1n) is 5.74. The molecule has 2 rings (SSSR count). The summed E-state index contributed by atoms with van der Waals surface area (Å²) in [7, 11) is 4.13. The van der Waals surface area contributed by atoms with E-state index in [0.29, 0.717) is 0 Å². The molecule has 0 unspecified atom stereocenters. The minimum absolute atomic E-state index is 0.924. The quantitative estimate of drug-likeness (QED) is 0.851. The highest BCUT2D eigenvalue weighted by atomic mass is 15.3. The maximum absolute atomic E-state index is 4.32. The molecular formula is C13H18N4. The fourth-order valence-electron chi connectivity index (χ4n) is 1.56. The highest BCUT2D eigenvalue weighted by molar-refractivity contribution is 5.42. The Bertz CT molecular complexity index is 447. The van der Waals surface area contributed by atoms with Gasteiger partial charge in [-0.25, -0.2) is 4.68 Å². The van der Waals surface area contributed by atoms with Crippen molar-refractivity contribution < 1.29 is 0 Å². The van der Waals surface area contributed by atoms with E-state index in [2.05, 4.69) is 29.4 Å². The molecule has 0 bridgehead atoms. The first-order chi connectivity index (χ1) is 8.25. The van der Waals surface area contributed by atoms with Gasteiger partial charge in [-0.2, -0.15) is 5.10 Å². The molecule has 0 saturated carbocycles. The van der Waals surface area contributed by atoms with Crippen LogP contribution in [0, 0.1) is 0 Å². The minimum atomic E-state index is 0.924. The van der Waals surface area contributed by atoms with Crippen molar-refractivity contribution in [2.45, 2.75) is 0 Å². The Morgan fingerprint density at radius 1 is 1.24 bits per heavy atom. The van der Waals surface area contributed by atoms with Crippen molar-refractivity contribution >= 4 is 5.69 Å². The maximum Gasteiger partial charge on any atom is 0.0731 e. The second kappa shape index (κ2) is 5.50. The summed E-state index contributed by atoms with van der Waals surface area (Å²) in [6, 6.07) is 10.1. The molecule has 0 saturated heterocycles. The van der Waals surface area contributed by atoms with Crippen LogP contribution in [0.4, 0.5) is 5.69 Å². The molecule has 1 aromatic carbocycles. The van der Waals surface area contributed by atoms with Crippen molar-refractivity contribution in [1.29, 1.82) is 0 Å². The Morgan fingerprint density at radius 2 is 2.00 bits per heavy atom. The molecule has 0 aliphatic heterocycles. The summed E-state index contributed by atoms with van der Waals surface area (Å²) in [5, 5.41) is 7.67. The van der Waals surface area contributed by atoms with E-state index in [4.69, 9.17) is 0 Å². The molecule has 0 radical (unpaired) electrons. The molecule has 4 heteroatoms. The third-order valence-electron chi connectivity index (χ3n) is 2.49. The first kappa shape index (κ1) is 11.7. The van der Waals surface area contributed by atoms with E-state index >= 15 is 0 Å². The molecule has 2 aromatic rings. The number of hydrogen-bond donors (Lipinski definition) is 1. The fraction of sp³-hybridized carbons (Fsp3) is 0.308. The van der Waals surface area contributed by atoms with Gasteiger partial charge in [-0.1, -0.05) is 18.2 Å². The Morgan fingerprint density at radius 3 is 2.71 bits per heavy atom. The lowest BCUT2D eigenvalue weighted by Gasteiger charge is -2.09. The van der Waals surface area contributed by atoms with E-state index < -0.39 is 0 Å². The first-order valence-corrected chi connectivity index (χ1v) is 5.74. The number of benzene rings is 1. The van der Waals surface area contributed by atoms with Gasteiger partial charge in [0.1, 0.15) is 0 Å². The smallest absolute Gasteiger partial charge is 0.0731 e. The van der Waals surface area contributed by atoms with Crippen LogP contribution in [0.15, 0.2) is 42.7 Å². The summed E-state index contributed by atoms with van der Waals surface area (Å²) in [6.45, 7) is 1.93. The van der Waals surface area contributed by atoms with Crippen LogP contribution in [-0.2, 0) is 0 Å². The second-order valence-corrected chi connectivity index (χ2v) is 4.24. The van der Waals surface area contributed by atoms with Gasteiger partial charge in [-0.05, 0) is 26.2 Å². The molecule has 17 heavy (non-hydrogen) atoms. The third kappa shape index (κ3) is 3.32. The Balaban J connectivity index is 1.97. The normalized spacial score (nSPS) is 10.8. The summed E-state index contributed by atoms with van der Waals surface area (Å²) in [4.78, 5) is 2.15. The van der Waals surface area contributed by atoms with E-state index in [-0.39, 0.29) is 0 Å². The van der Waals surface area contributed by atoms with Crippen molar-refractivity contribution in [3.8, 4) is 5.69 Å². The molecule has 1 N–H and O–H groups in total. The van der Waals surface area contributed by atoms with Crippen LogP contribution in [-0.4, -0.2) is 41.9 Å². The standard InChI is InChI=1S/C13H18N4/c1-16(2)9-8-14-12-10-15-17(11-12)13-6-4-3-5-7-13/h3-7,10-11,14H,8-9H2,1-2H3. The number of nitrogens with zero attached hydrogens (tertiary/aromatic N) is 3. The Hall–Kier alpha value is -1.81. The molecule has 1 aromatic heterocycles. The second-order valence-electron chi connectivity index (χ2n) is 4.24. The molecule has 0 amide bonds. The van der Waals surface area contributed by atoms with Gasteiger partial charge in [-0.15, -0.1) is 0 Å². The van der Waals surface area contributed by atoms with Crippen LogP contribution in [0.1, 0.15) is 0 Å². The van der Waals surface area contributed by atoms with Gasteiger partial charge in [0.05, 0.1) is 23.8 Å². The summed E-state index contributed by atoms with van der Waals surface area (Å²) >= 11 is 0. The Labute approximate surface area is 102 Å². The zero-order valence-electron chi connectivity index (χ0n) is 10.3. The number of para-hydroxylation sites is 1. The van der Waals surface area contributed by atoms with Crippen molar-refractivity contribution in [1.82, 2.24) is 14.7 Å². The molecule has 1 heterocycles. The predicted octanol–water partition coefficient (Wildman–Crippen LogP) is 1.85. The molecule has 4 nitrogen and oxygen atoms in total. The molecular weight excluding hydrogens is 212 g/mol. The van der Waals surface area contributed by atoms with Crippen LogP contribution < -0.4 is 5.32 Å². The molecule has 0 fully saturated rings. The van der Waals surface area contributed by atoms with Crippen LogP contribution in [0.25, 0.3) is 5.69 Å². The summed E-state index contributed by atoms with van der Waals surface area (Å²) in [5.41, 5.74) is 2.13. The molecule has 0 atom stereocenters. The van der Waals surface area contributed by atoms with Gasteiger partial charge >= 0.3 is 0 Å². The predicted molar refractivity (Wildman–Crippen MR) is 70.6 cm³/mol. The summed E-state index contributed by atoms with van der Waals surface area (Å²) in [6.07, 6.45) is 3.85. The highest BCUT2D eigenvalue weighted by Crippen LogP contribution is 2.10. The van der Waals surface area contributed by atoms with Gasteiger partial charge in [-0.3, -0.25) is 0 Å². The lowest BCUT2D eigenvalue weighted by atomic mass is 10.3. The largest absolute Gasteiger partial charge is 0.381 e. The maximum atomic E-state index is 4.32. The minimum Gasteiger partial charge on any atom is -0.381 e. The fourth-order valence-corrected chi connectivity index (χ4v) is 1.56. The number of likely N-dealkylation sites (N-methyl/N-ethyl adjacent to an activating group) is 1. The third-order valence-corrected chi connectivity index (χ3v) is 2.49. The number of hydrogen-bond acceptors (Lipinski definition) is 3. The lowest BCUT2D eigenvalue weighted by Crippen LogP contribution is -2.20. The zero-order valence-corrected chi connectivity index (χ0v) is 10.3. The van der Waals surface area contributed by atoms with E-state index in [1.54, 1.807) is 0 Å². The zero-order chi connectivity index (χ0) is 12.1. The highest BCUT2D eigenvalue weighted by Gasteiger charge is 1.99. The van der Waals surface area contributed by atoms with Crippen molar-refractivity contribution in [3.63, 3.8) is 0 Å². The number of rotatable bonds is 5. The number of aromatic nitrogens is 2. The van der Waals surface area contributed by atoms with E-state index in [0.717, 1.165) is 24.5 Å². The summed E-state index contributed by atoms with van der Waals surface area (Å²) < 4.78 is 1.87. The van der Waals surface area contributed by atoms with Gasteiger partial charge in [0.25, 0.3) is 0 Å². The summed E-state index contributed by atoms with van der Waals surface area (Å²) in [5.74, 6) is 0. The van der Waals surface area contributed by atoms with Gasteiger partial charge < -0.3 is 10.2 Å². The number of nitrogens with one attached hydrogen (secondary N) is 1.